The Balaban J connectivity index is 1.73. The lowest BCUT2D eigenvalue weighted by atomic mass is 9.88. The first kappa shape index (κ1) is 23.0. The van der Waals surface area contributed by atoms with E-state index in [4.69, 9.17) is 28.1 Å². The third kappa shape index (κ3) is 4.12. The molecule has 9 heteroatoms. The third-order valence-electron chi connectivity index (χ3n) is 5.61. The second kappa shape index (κ2) is 9.38. The van der Waals surface area contributed by atoms with Crippen LogP contribution in [0, 0.1) is 6.92 Å². The van der Waals surface area contributed by atoms with E-state index in [0.717, 1.165) is 0 Å². The molecule has 0 radical (unpaired) electrons. The molecule has 1 aliphatic rings. The Kier molecular flexibility index (Phi) is 6.36. The van der Waals surface area contributed by atoms with Crippen molar-refractivity contribution in [1.29, 1.82) is 0 Å². The van der Waals surface area contributed by atoms with Gasteiger partial charge >= 0.3 is 5.63 Å². The molecular weight excluding hydrogens is 442 g/mol. The van der Waals surface area contributed by atoms with Crippen LogP contribution in [0.25, 0.3) is 0 Å². The molecule has 2 aromatic carbocycles. The number of amides is 1. The Hall–Kier alpha value is -4.14. The molecule has 178 valence electrons. The highest BCUT2D eigenvalue weighted by molar-refractivity contribution is 5.96. The normalized spacial score (nSPS) is 16.3. The van der Waals surface area contributed by atoms with Crippen LogP contribution in [0.15, 0.2) is 51.7 Å². The summed E-state index contributed by atoms with van der Waals surface area (Å²) in [7, 11) is 6.03. The van der Waals surface area contributed by atoms with Gasteiger partial charge in [0.05, 0.1) is 39.9 Å². The molecule has 0 aliphatic carbocycles. The van der Waals surface area contributed by atoms with Crippen molar-refractivity contribution < 1.29 is 32.9 Å². The second-order valence-electron chi connectivity index (χ2n) is 7.61. The molecule has 0 fully saturated rings. The third-order valence-corrected chi connectivity index (χ3v) is 5.61. The molecule has 34 heavy (non-hydrogen) atoms. The fourth-order valence-corrected chi connectivity index (χ4v) is 4.05. The number of anilines is 1. The summed E-state index contributed by atoms with van der Waals surface area (Å²) in [5.74, 6) is 1.39. The fraction of sp³-hybridized carbons (Fsp3) is 0.280. The highest BCUT2D eigenvalue weighted by Gasteiger charge is 2.43. The van der Waals surface area contributed by atoms with Crippen molar-refractivity contribution in [1.82, 2.24) is 0 Å². The zero-order valence-electron chi connectivity index (χ0n) is 19.5. The van der Waals surface area contributed by atoms with E-state index in [2.05, 4.69) is 5.32 Å². The Labute approximate surface area is 196 Å². The molecule has 2 atom stereocenters. The first-order valence-electron chi connectivity index (χ1n) is 10.5. The highest BCUT2D eigenvalue weighted by Crippen LogP contribution is 2.43. The molecule has 1 aromatic heterocycles. The Morgan fingerprint density at radius 1 is 0.912 bits per heavy atom. The van der Waals surface area contributed by atoms with Crippen molar-refractivity contribution in [3.8, 4) is 28.7 Å². The van der Waals surface area contributed by atoms with E-state index in [-0.39, 0.29) is 0 Å². The van der Waals surface area contributed by atoms with Crippen molar-refractivity contribution >= 4 is 11.6 Å². The predicted octanol–water partition coefficient (Wildman–Crippen LogP) is 3.51. The zero-order chi connectivity index (χ0) is 24.4. The molecule has 4 rings (SSSR count). The number of hydrogen-bond acceptors (Lipinski definition) is 8. The predicted molar refractivity (Wildman–Crippen MR) is 124 cm³/mol. The minimum absolute atomic E-state index is 0.292. The smallest absolute Gasteiger partial charge is 0.343 e. The van der Waals surface area contributed by atoms with Crippen LogP contribution in [0.2, 0.25) is 0 Å². The lowest BCUT2D eigenvalue weighted by molar-refractivity contribution is -0.122. The van der Waals surface area contributed by atoms with Gasteiger partial charge in [-0.2, -0.15) is 0 Å². The fourth-order valence-electron chi connectivity index (χ4n) is 4.05. The maximum absolute atomic E-state index is 13.4. The van der Waals surface area contributed by atoms with Gasteiger partial charge in [0.2, 0.25) is 5.75 Å². The monoisotopic (exact) mass is 467 g/mol. The number of hydrogen-bond donors (Lipinski definition) is 1. The number of methoxy groups -OCH3 is 4. The number of fused-ring (bicyclic) bond motifs is 1. The van der Waals surface area contributed by atoms with Crippen LogP contribution in [0.5, 0.6) is 28.7 Å². The van der Waals surface area contributed by atoms with Gasteiger partial charge in [-0.3, -0.25) is 4.79 Å². The van der Waals surface area contributed by atoms with Crippen LogP contribution >= 0.6 is 0 Å². The summed E-state index contributed by atoms with van der Waals surface area (Å²) in [5, 5.41) is 2.84. The summed E-state index contributed by atoms with van der Waals surface area (Å²) in [6, 6.07) is 11.9. The van der Waals surface area contributed by atoms with E-state index in [1.165, 1.54) is 21.3 Å². The number of benzene rings is 2. The summed E-state index contributed by atoms with van der Waals surface area (Å²) < 4.78 is 32.6. The van der Waals surface area contributed by atoms with Crippen LogP contribution in [-0.2, 0) is 4.79 Å². The van der Waals surface area contributed by atoms with Crippen LogP contribution in [0.1, 0.15) is 22.8 Å². The molecule has 0 saturated heterocycles. The van der Waals surface area contributed by atoms with Crippen molar-refractivity contribution in [3.63, 3.8) is 0 Å². The summed E-state index contributed by atoms with van der Waals surface area (Å²) in [6.07, 6.45) is -1.02. The molecule has 2 heterocycles. The van der Waals surface area contributed by atoms with Gasteiger partial charge in [-0.25, -0.2) is 4.79 Å². The molecule has 0 unspecified atom stereocenters. The first-order chi connectivity index (χ1) is 16.4. The summed E-state index contributed by atoms with van der Waals surface area (Å²) in [5.41, 5.74) is 0.871. The first-order valence-corrected chi connectivity index (χ1v) is 10.5. The van der Waals surface area contributed by atoms with Gasteiger partial charge in [-0.15, -0.1) is 0 Å². The van der Waals surface area contributed by atoms with E-state index < -0.39 is 23.6 Å². The maximum Gasteiger partial charge on any atom is 0.343 e. The van der Waals surface area contributed by atoms with Crippen LogP contribution in [-0.4, -0.2) is 40.5 Å². The SMILES string of the molecule is COc1ccc([C@H]2c3c(cc(C)oc3=O)O[C@H]2C(=O)Nc2cc(OC)c(OC)c(OC)c2)cc1. The van der Waals surface area contributed by atoms with Crippen molar-refractivity contribution in [2.24, 2.45) is 0 Å². The van der Waals surface area contributed by atoms with Gasteiger partial charge in [0, 0.05) is 23.9 Å². The van der Waals surface area contributed by atoms with Crippen molar-refractivity contribution in [2.45, 2.75) is 18.9 Å². The largest absolute Gasteiger partial charge is 0.497 e. The minimum Gasteiger partial charge on any atom is -0.497 e. The number of rotatable bonds is 7. The number of ether oxygens (including phenoxy) is 5. The number of carbonyl (C=O) groups excluding carboxylic acids is 1. The molecule has 0 saturated carbocycles. The Morgan fingerprint density at radius 2 is 1.56 bits per heavy atom. The van der Waals surface area contributed by atoms with Crippen molar-refractivity contribution in [2.75, 3.05) is 33.8 Å². The molecule has 1 aliphatic heterocycles. The number of carbonyl (C=O) groups is 1. The van der Waals surface area contributed by atoms with E-state index in [1.807, 2.05) is 0 Å². The molecule has 1 N–H and O–H groups in total. The standard InChI is InChI=1S/C25H25NO8/c1-13-10-17-21(25(28)33-13)20(14-6-8-16(29-2)9-7-14)23(34-17)24(27)26-15-11-18(30-3)22(32-5)19(12-15)31-4/h6-12,20,23H,1-5H3,(H,26,27)/t20-,23+/m0/s1. The molecular formula is C25H25NO8. The van der Waals surface area contributed by atoms with E-state index >= 15 is 0 Å². The molecule has 0 spiro atoms. The molecule has 0 bridgehead atoms. The average Bonchev–Trinajstić information content (AvgIpc) is 3.23. The number of aryl methyl sites for hydroxylation is 1. The van der Waals surface area contributed by atoms with Crippen LogP contribution in [0.4, 0.5) is 5.69 Å². The van der Waals surface area contributed by atoms with Gasteiger partial charge in [-0.1, -0.05) is 12.1 Å². The minimum atomic E-state index is -1.02. The number of nitrogens with one attached hydrogen (secondary N) is 1. The summed E-state index contributed by atoms with van der Waals surface area (Å²) >= 11 is 0. The quantitative estimate of drug-likeness (QED) is 0.563. The van der Waals surface area contributed by atoms with Gasteiger partial charge in [0.1, 0.15) is 17.3 Å². The van der Waals surface area contributed by atoms with E-state index in [9.17, 15) is 9.59 Å². The van der Waals surface area contributed by atoms with E-state index in [0.29, 0.717) is 51.3 Å². The van der Waals surface area contributed by atoms with Crippen LogP contribution in [0.3, 0.4) is 0 Å². The van der Waals surface area contributed by atoms with Gasteiger partial charge in [0.15, 0.2) is 17.6 Å². The Morgan fingerprint density at radius 3 is 2.12 bits per heavy atom. The van der Waals surface area contributed by atoms with Gasteiger partial charge in [-0.05, 0) is 24.6 Å². The lowest BCUT2D eigenvalue weighted by Gasteiger charge is -2.20. The Bertz CT molecular complexity index is 1240. The zero-order valence-corrected chi connectivity index (χ0v) is 19.5. The molecule has 1 amide bonds. The average molecular weight is 467 g/mol. The molecule has 3 aromatic rings. The summed E-state index contributed by atoms with van der Waals surface area (Å²) in [6.45, 7) is 1.65. The highest BCUT2D eigenvalue weighted by atomic mass is 16.5. The summed E-state index contributed by atoms with van der Waals surface area (Å²) in [4.78, 5) is 26.2. The second-order valence-corrected chi connectivity index (χ2v) is 7.61. The van der Waals surface area contributed by atoms with Crippen molar-refractivity contribution in [3.05, 3.63) is 69.8 Å². The topological polar surface area (TPSA) is 105 Å². The van der Waals surface area contributed by atoms with Gasteiger partial charge < -0.3 is 33.4 Å². The lowest BCUT2D eigenvalue weighted by Crippen LogP contribution is -2.35. The van der Waals surface area contributed by atoms with Gasteiger partial charge in [0.25, 0.3) is 5.91 Å². The van der Waals surface area contributed by atoms with Crippen LogP contribution < -0.4 is 34.6 Å². The molecule has 9 nitrogen and oxygen atoms in total. The van der Waals surface area contributed by atoms with E-state index in [1.54, 1.807) is 56.5 Å². The maximum atomic E-state index is 13.4.